The lowest BCUT2D eigenvalue weighted by molar-refractivity contribution is 0.0162. The van der Waals surface area contributed by atoms with Gasteiger partial charge < -0.3 is 24.3 Å². The van der Waals surface area contributed by atoms with Crippen LogP contribution in [0.4, 0.5) is 0 Å². The molecule has 1 N–H and O–H groups in total. The molecule has 8 nitrogen and oxygen atoms in total. The molecule has 2 heterocycles. The zero-order chi connectivity index (χ0) is 23.8. The average Bonchev–Trinajstić information content (AvgIpc) is 3.42. The third-order valence-corrected chi connectivity index (χ3v) is 6.34. The van der Waals surface area contributed by atoms with E-state index in [1.165, 1.54) is 11.3 Å². The zero-order valence-corrected chi connectivity index (χ0v) is 20.2. The second kappa shape index (κ2) is 11.8. The second-order valence-corrected chi connectivity index (χ2v) is 8.50. The molecule has 0 saturated carbocycles. The molecule has 1 amide bonds. The normalized spacial score (nSPS) is 14.9. The number of hydrogen-bond acceptors (Lipinski definition) is 8. The van der Waals surface area contributed by atoms with Gasteiger partial charge in [-0.2, -0.15) is 0 Å². The summed E-state index contributed by atoms with van der Waals surface area (Å²) < 4.78 is 22.2. The summed E-state index contributed by atoms with van der Waals surface area (Å²) >= 11 is 1.52. The molecule has 1 aliphatic heterocycles. The molecule has 1 atom stereocenters. The van der Waals surface area contributed by atoms with Crippen LogP contribution in [0.25, 0.3) is 0 Å². The smallest absolute Gasteiger partial charge is 0.251 e. The van der Waals surface area contributed by atoms with Crippen LogP contribution in [-0.2, 0) is 11.3 Å². The van der Waals surface area contributed by atoms with E-state index in [9.17, 15) is 4.79 Å². The van der Waals surface area contributed by atoms with Gasteiger partial charge in [0, 0.05) is 30.6 Å². The van der Waals surface area contributed by atoms with Crippen molar-refractivity contribution in [1.29, 1.82) is 0 Å². The van der Waals surface area contributed by atoms with Crippen LogP contribution in [0.1, 0.15) is 27.7 Å². The van der Waals surface area contributed by atoms with Crippen LogP contribution < -0.4 is 19.5 Å². The number of amides is 1. The predicted octanol–water partition coefficient (Wildman–Crippen LogP) is 3.54. The van der Waals surface area contributed by atoms with Crippen LogP contribution in [0.15, 0.2) is 53.4 Å². The van der Waals surface area contributed by atoms with Crippen molar-refractivity contribution in [3.8, 4) is 17.2 Å². The SMILES string of the molecule is COc1ccc(C(CNC(=O)c2cccc(OCc3cscn3)c2)N2CCOCC2)cc1OC. The monoisotopic (exact) mass is 483 g/mol. The average molecular weight is 484 g/mol. The van der Waals surface area contributed by atoms with E-state index in [1.807, 2.05) is 35.7 Å². The molecule has 0 radical (unpaired) electrons. The first kappa shape index (κ1) is 24.0. The number of hydrogen-bond donors (Lipinski definition) is 1. The van der Waals surface area contributed by atoms with Gasteiger partial charge in [-0.25, -0.2) is 4.98 Å². The number of benzene rings is 2. The Hall–Kier alpha value is -3.14. The lowest BCUT2D eigenvalue weighted by atomic mass is 10.0. The Bertz CT molecular complexity index is 1070. The summed E-state index contributed by atoms with van der Waals surface area (Å²) in [4.78, 5) is 19.5. The molecule has 0 aliphatic carbocycles. The number of nitrogens with zero attached hydrogens (tertiary/aromatic N) is 2. The minimum Gasteiger partial charge on any atom is -0.493 e. The number of morpholine rings is 1. The van der Waals surface area contributed by atoms with Crippen molar-refractivity contribution in [1.82, 2.24) is 15.2 Å². The number of nitrogens with one attached hydrogen (secondary N) is 1. The highest BCUT2D eigenvalue weighted by atomic mass is 32.1. The van der Waals surface area contributed by atoms with Crippen molar-refractivity contribution in [2.45, 2.75) is 12.6 Å². The van der Waals surface area contributed by atoms with Crippen molar-refractivity contribution >= 4 is 17.2 Å². The van der Waals surface area contributed by atoms with Crippen LogP contribution in [0, 0.1) is 0 Å². The summed E-state index contributed by atoms with van der Waals surface area (Å²) in [5.74, 6) is 1.81. The molecule has 1 saturated heterocycles. The molecule has 4 rings (SSSR count). The Kier molecular flexibility index (Phi) is 8.35. The van der Waals surface area contributed by atoms with Crippen LogP contribution in [0.5, 0.6) is 17.2 Å². The first-order valence-electron chi connectivity index (χ1n) is 11.1. The lowest BCUT2D eigenvalue weighted by Gasteiger charge is -2.35. The Labute approximate surface area is 203 Å². The number of aromatic nitrogens is 1. The van der Waals surface area contributed by atoms with Gasteiger partial charge in [-0.3, -0.25) is 9.69 Å². The third kappa shape index (κ3) is 6.05. The van der Waals surface area contributed by atoms with Gasteiger partial charge in [0.1, 0.15) is 12.4 Å². The fraction of sp³-hybridized carbons (Fsp3) is 0.360. The molecule has 0 spiro atoms. The lowest BCUT2D eigenvalue weighted by Crippen LogP contribution is -2.43. The van der Waals surface area contributed by atoms with Gasteiger partial charge in [0.25, 0.3) is 5.91 Å². The highest BCUT2D eigenvalue weighted by Crippen LogP contribution is 2.32. The van der Waals surface area contributed by atoms with E-state index in [2.05, 4.69) is 15.2 Å². The third-order valence-electron chi connectivity index (χ3n) is 5.70. The van der Waals surface area contributed by atoms with Crippen molar-refractivity contribution in [3.05, 3.63) is 70.2 Å². The van der Waals surface area contributed by atoms with Gasteiger partial charge in [0.2, 0.25) is 0 Å². The van der Waals surface area contributed by atoms with Gasteiger partial charge >= 0.3 is 0 Å². The number of rotatable bonds is 10. The van der Waals surface area contributed by atoms with E-state index in [1.54, 1.807) is 31.9 Å². The van der Waals surface area contributed by atoms with E-state index in [0.717, 1.165) is 24.3 Å². The number of methoxy groups -OCH3 is 2. The van der Waals surface area contributed by atoms with Gasteiger partial charge in [0.15, 0.2) is 11.5 Å². The Morgan fingerprint density at radius 3 is 2.71 bits per heavy atom. The van der Waals surface area contributed by atoms with Gasteiger partial charge in [-0.05, 0) is 35.9 Å². The van der Waals surface area contributed by atoms with Crippen LogP contribution in [0.3, 0.4) is 0 Å². The predicted molar refractivity (Wildman–Crippen MR) is 130 cm³/mol. The molecule has 1 unspecified atom stereocenters. The number of carbonyl (C=O) groups excluding carboxylic acids is 1. The maximum absolute atomic E-state index is 13.0. The van der Waals surface area contributed by atoms with Gasteiger partial charge in [0.05, 0.1) is 44.7 Å². The van der Waals surface area contributed by atoms with Crippen molar-refractivity contribution < 1.29 is 23.7 Å². The standard InChI is InChI=1S/C25H29N3O5S/c1-30-23-7-6-18(13-24(23)31-2)22(28-8-10-32-11-9-28)14-26-25(29)19-4-3-5-21(12-19)33-15-20-16-34-17-27-20/h3-7,12-13,16-17,22H,8-11,14-15H2,1-2H3,(H,26,29). The van der Waals surface area contributed by atoms with Crippen LogP contribution in [-0.4, -0.2) is 62.9 Å². The Morgan fingerprint density at radius 1 is 1.15 bits per heavy atom. The quantitative estimate of drug-likeness (QED) is 0.472. The maximum Gasteiger partial charge on any atom is 0.251 e. The molecule has 34 heavy (non-hydrogen) atoms. The van der Waals surface area contributed by atoms with E-state index in [0.29, 0.717) is 49.2 Å². The first-order valence-corrected chi connectivity index (χ1v) is 12.0. The van der Waals surface area contributed by atoms with Crippen LogP contribution in [0.2, 0.25) is 0 Å². The topological polar surface area (TPSA) is 82.2 Å². The number of thiazole rings is 1. The first-order chi connectivity index (χ1) is 16.7. The summed E-state index contributed by atoms with van der Waals surface area (Å²) in [7, 11) is 3.24. The van der Waals surface area contributed by atoms with Gasteiger partial charge in [-0.15, -0.1) is 11.3 Å². The zero-order valence-electron chi connectivity index (χ0n) is 19.4. The largest absolute Gasteiger partial charge is 0.493 e. The number of carbonyl (C=O) groups is 1. The Morgan fingerprint density at radius 2 is 1.97 bits per heavy atom. The molecule has 2 aromatic carbocycles. The molecular formula is C25H29N3O5S. The fourth-order valence-corrected chi connectivity index (χ4v) is 4.43. The fourth-order valence-electron chi connectivity index (χ4n) is 3.89. The van der Waals surface area contributed by atoms with Crippen molar-refractivity contribution in [2.24, 2.45) is 0 Å². The van der Waals surface area contributed by atoms with E-state index in [4.69, 9.17) is 18.9 Å². The molecular weight excluding hydrogens is 454 g/mol. The minimum atomic E-state index is -0.155. The molecule has 180 valence electrons. The summed E-state index contributed by atoms with van der Waals surface area (Å²) in [5.41, 5.74) is 4.22. The van der Waals surface area contributed by atoms with Gasteiger partial charge in [-0.1, -0.05) is 12.1 Å². The molecule has 3 aromatic rings. The summed E-state index contributed by atoms with van der Waals surface area (Å²) in [6, 6.07) is 13.0. The van der Waals surface area contributed by atoms with Crippen molar-refractivity contribution in [2.75, 3.05) is 47.1 Å². The maximum atomic E-state index is 13.0. The molecule has 9 heteroatoms. The van der Waals surface area contributed by atoms with Crippen molar-refractivity contribution in [3.63, 3.8) is 0 Å². The number of ether oxygens (including phenoxy) is 4. The molecule has 1 aromatic heterocycles. The molecule has 0 bridgehead atoms. The van der Waals surface area contributed by atoms with E-state index in [-0.39, 0.29) is 11.9 Å². The summed E-state index contributed by atoms with van der Waals surface area (Å²) in [5, 5.41) is 5.04. The minimum absolute atomic E-state index is 0.0308. The highest BCUT2D eigenvalue weighted by molar-refractivity contribution is 7.07. The second-order valence-electron chi connectivity index (χ2n) is 7.78. The van der Waals surface area contributed by atoms with E-state index < -0.39 is 0 Å². The van der Waals surface area contributed by atoms with Crippen LogP contribution >= 0.6 is 11.3 Å². The highest BCUT2D eigenvalue weighted by Gasteiger charge is 2.24. The summed E-state index contributed by atoms with van der Waals surface area (Å²) in [6.07, 6.45) is 0. The molecule has 1 aliphatic rings. The summed E-state index contributed by atoms with van der Waals surface area (Å²) in [6.45, 7) is 3.71. The Balaban J connectivity index is 1.45. The van der Waals surface area contributed by atoms with E-state index >= 15 is 0 Å². The molecule has 1 fully saturated rings.